The van der Waals surface area contributed by atoms with Crippen LogP contribution in [0.4, 0.5) is 17.1 Å². The molecule has 0 fully saturated rings. The van der Waals surface area contributed by atoms with Gasteiger partial charge in [0.05, 0.1) is 28.8 Å². The van der Waals surface area contributed by atoms with E-state index in [9.17, 15) is 0 Å². The molecule has 5 rings (SSSR count). The number of benzene rings is 4. The van der Waals surface area contributed by atoms with Gasteiger partial charge in [-0.15, -0.1) is 0 Å². The van der Waals surface area contributed by atoms with E-state index in [1.54, 1.807) is 0 Å². The number of aliphatic imine (C=N–C) groups is 2. The second kappa shape index (κ2) is 10.2. The lowest BCUT2D eigenvalue weighted by Gasteiger charge is -2.14. The second-order valence-corrected chi connectivity index (χ2v) is 9.55. The lowest BCUT2D eigenvalue weighted by molar-refractivity contribution is 0.866. The van der Waals surface area contributed by atoms with E-state index < -0.39 is 0 Å². The summed E-state index contributed by atoms with van der Waals surface area (Å²) in [4.78, 5) is 10.0. The van der Waals surface area contributed by atoms with Crippen molar-refractivity contribution in [2.75, 3.05) is 5.73 Å². The van der Waals surface area contributed by atoms with Crippen LogP contribution in [0.25, 0.3) is 10.9 Å². The zero-order chi connectivity index (χ0) is 25.9. The second-order valence-electron chi connectivity index (χ2n) is 9.55. The van der Waals surface area contributed by atoms with Crippen LogP contribution in [0.1, 0.15) is 47.7 Å². The van der Waals surface area contributed by atoms with Gasteiger partial charge in [-0.3, -0.25) is 4.99 Å². The Morgan fingerprint density at radius 2 is 1.49 bits per heavy atom. The summed E-state index contributed by atoms with van der Waals surface area (Å²) < 4.78 is 1.91. The Kier molecular flexibility index (Phi) is 6.69. The van der Waals surface area contributed by atoms with Crippen molar-refractivity contribution in [3.8, 4) is 0 Å². The van der Waals surface area contributed by atoms with E-state index in [2.05, 4.69) is 64.1 Å². The summed E-state index contributed by atoms with van der Waals surface area (Å²) in [5.41, 5.74) is 14.9. The number of hydrogen-bond donors (Lipinski definition) is 1. The Hall–Kier alpha value is -4.51. The maximum atomic E-state index is 6.46. The van der Waals surface area contributed by atoms with Crippen LogP contribution >= 0.6 is 0 Å². The van der Waals surface area contributed by atoms with Crippen molar-refractivity contribution < 1.29 is 0 Å². The summed E-state index contributed by atoms with van der Waals surface area (Å²) in [6, 6.07) is 30.5. The maximum Gasteiger partial charge on any atom is 0.162 e. The molecule has 4 aromatic carbocycles. The third-order valence-electron chi connectivity index (χ3n) is 6.54. The predicted molar refractivity (Wildman–Crippen MR) is 156 cm³/mol. The Labute approximate surface area is 218 Å². The summed E-state index contributed by atoms with van der Waals surface area (Å²) >= 11 is 0. The molecule has 0 radical (unpaired) electrons. The van der Waals surface area contributed by atoms with Crippen LogP contribution in [0.5, 0.6) is 0 Å². The minimum Gasteiger partial charge on any atom is -0.397 e. The van der Waals surface area contributed by atoms with E-state index in [0.29, 0.717) is 11.5 Å². The Bertz CT molecular complexity index is 1600. The molecule has 0 aliphatic carbocycles. The number of nitrogens with two attached hydrogens (primary N) is 1. The zero-order valence-corrected chi connectivity index (χ0v) is 21.7. The molecule has 1 heterocycles. The average molecular weight is 486 g/mol. The fourth-order valence-corrected chi connectivity index (χ4v) is 4.58. The van der Waals surface area contributed by atoms with Crippen molar-refractivity contribution in [2.45, 2.75) is 33.6 Å². The van der Waals surface area contributed by atoms with Gasteiger partial charge in [0, 0.05) is 10.9 Å². The molecule has 2 N–H and O–H groups in total. The van der Waals surface area contributed by atoms with Gasteiger partial charge in [-0.05, 0) is 48.6 Å². The summed E-state index contributed by atoms with van der Waals surface area (Å²) in [5.74, 6) is 0.983. The Morgan fingerprint density at radius 1 is 0.811 bits per heavy atom. The van der Waals surface area contributed by atoms with Gasteiger partial charge < -0.3 is 5.73 Å². The third-order valence-corrected chi connectivity index (χ3v) is 6.54. The number of aryl methyl sites for hydroxylation is 2. The minimum atomic E-state index is 0.272. The summed E-state index contributed by atoms with van der Waals surface area (Å²) in [7, 11) is 0. The van der Waals surface area contributed by atoms with E-state index in [4.69, 9.17) is 20.8 Å². The van der Waals surface area contributed by atoms with Crippen LogP contribution in [0.3, 0.4) is 0 Å². The van der Waals surface area contributed by atoms with Crippen LogP contribution in [0.15, 0.2) is 101 Å². The van der Waals surface area contributed by atoms with Gasteiger partial charge >= 0.3 is 0 Å². The Morgan fingerprint density at radius 3 is 2.22 bits per heavy atom. The van der Waals surface area contributed by atoms with E-state index in [0.717, 1.165) is 50.2 Å². The number of fused-ring (bicyclic) bond motifs is 1. The van der Waals surface area contributed by atoms with Crippen molar-refractivity contribution in [3.63, 3.8) is 0 Å². The smallest absolute Gasteiger partial charge is 0.162 e. The zero-order valence-electron chi connectivity index (χ0n) is 21.7. The molecule has 0 spiro atoms. The molecule has 5 aromatic rings. The first kappa shape index (κ1) is 24.2. The Balaban J connectivity index is 1.74. The van der Waals surface area contributed by atoms with Crippen LogP contribution in [-0.4, -0.2) is 21.8 Å². The number of nitrogens with zero attached hydrogens (tertiary/aromatic N) is 4. The predicted octanol–water partition coefficient (Wildman–Crippen LogP) is 7.74. The number of anilines is 1. The summed E-state index contributed by atoms with van der Waals surface area (Å²) in [5, 5.41) is 6.04. The lowest BCUT2D eigenvalue weighted by Crippen LogP contribution is -2.15. The van der Waals surface area contributed by atoms with Gasteiger partial charge in [-0.25, -0.2) is 9.67 Å². The molecular weight excluding hydrogens is 454 g/mol. The quantitative estimate of drug-likeness (QED) is 0.157. The van der Waals surface area contributed by atoms with Crippen molar-refractivity contribution in [1.82, 2.24) is 9.78 Å². The molecule has 0 saturated carbocycles. The number of nitrogen functional groups attached to an aromatic ring is 1. The van der Waals surface area contributed by atoms with E-state index in [-0.39, 0.29) is 5.92 Å². The molecule has 37 heavy (non-hydrogen) atoms. The molecule has 0 unspecified atom stereocenters. The average Bonchev–Trinajstić information content (AvgIpc) is 3.26. The standard InChI is InChI=1S/C32H31N5/c1-21(2)25-17-11-18-27(33)31(25)35-32(24-14-6-5-7-15-24)37-29-19-9-8-16-26(29)28(36-37)20-34-30-22(3)12-10-13-23(30)4/h5-21H,33H2,1-4H3. The highest BCUT2D eigenvalue weighted by molar-refractivity contribution is 6.09. The van der Waals surface area contributed by atoms with Gasteiger partial charge in [-0.1, -0.05) is 92.7 Å². The molecule has 0 saturated heterocycles. The van der Waals surface area contributed by atoms with E-state index in [1.165, 1.54) is 0 Å². The molecule has 0 aliphatic heterocycles. The lowest BCUT2D eigenvalue weighted by atomic mass is 10.0. The largest absolute Gasteiger partial charge is 0.397 e. The fraction of sp³-hybridized carbons (Fsp3) is 0.156. The topological polar surface area (TPSA) is 68.6 Å². The molecule has 0 atom stereocenters. The van der Waals surface area contributed by atoms with Crippen molar-refractivity contribution in [2.24, 2.45) is 9.98 Å². The number of aromatic nitrogens is 2. The molecule has 0 amide bonds. The highest BCUT2D eigenvalue weighted by Gasteiger charge is 2.17. The number of para-hydroxylation sites is 3. The highest BCUT2D eigenvalue weighted by Crippen LogP contribution is 2.33. The van der Waals surface area contributed by atoms with Crippen LogP contribution in [-0.2, 0) is 0 Å². The van der Waals surface area contributed by atoms with E-state index in [1.807, 2.05) is 65.5 Å². The first-order valence-electron chi connectivity index (χ1n) is 12.5. The maximum absolute atomic E-state index is 6.46. The van der Waals surface area contributed by atoms with Crippen LogP contribution in [0.2, 0.25) is 0 Å². The molecule has 0 aliphatic rings. The van der Waals surface area contributed by atoms with Gasteiger partial charge in [0.25, 0.3) is 0 Å². The first-order valence-corrected chi connectivity index (χ1v) is 12.5. The normalized spacial score (nSPS) is 12.2. The minimum absolute atomic E-state index is 0.272. The van der Waals surface area contributed by atoms with Gasteiger partial charge in [0.2, 0.25) is 0 Å². The van der Waals surface area contributed by atoms with Crippen molar-refractivity contribution in [3.05, 3.63) is 119 Å². The summed E-state index contributed by atoms with van der Waals surface area (Å²) in [6.45, 7) is 8.46. The third kappa shape index (κ3) is 4.81. The monoisotopic (exact) mass is 485 g/mol. The highest BCUT2D eigenvalue weighted by atomic mass is 15.3. The van der Waals surface area contributed by atoms with E-state index >= 15 is 0 Å². The fourth-order valence-electron chi connectivity index (χ4n) is 4.58. The molecule has 5 nitrogen and oxygen atoms in total. The van der Waals surface area contributed by atoms with Gasteiger partial charge in [-0.2, -0.15) is 5.10 Å². The molecule has 1 aromatic heterocycles. The summed E-state index contributed by atoms with van der Waals surface area (Å²) in [6.07, 6.45) is 1.85. The van der Waals surface area contributed by atoms with Gasteiger partial charge in [0.15, 0.2) is 5.84 Å². The molecule has 0 bridgehead atoms. The number of rotatable bonds is 5. The van der Waals surface area contributed by atoms with Crippen LogP contribution < -0.4 is 5.73 Å². The van der Waals surface area contributed by atoms with Gasteiger partial charge in [0.1, 0.15) is 5.69 Å². The van der Waals surface area contributed by atoms with Crippen molar-refractivity contribution >= 4 is 40.0 Å². The SMILES string of the molecule is Cc1cccc(C)c1N=Cc1nn(C(=Nc2c(N)cccc2C(C)C)c2ccccc2)c2ccccc12. The molecule has 5 heteroatoms. The first-order chi connectivity index (χ1) is 17.9. The van der Waals surface area contributed by atoms with Crippen LogP contribution in [0, 0.1) is 13.8 Å². The molecular formula is C32H31N5. The number of hydrogen-bond acceptors (Lipinski definition) is 4. The molecule has 184 valence electrons. The van der Waals surface area contributed by atoms with Crippen molar-refractivity contribution in [1.29, 1.82) is 0 Å².